The zero-order chi connectivity index (χ0) is 10.4. The molecular weight excluding hydrogens is 233 g/mol. The summed E-state index contributed by atoms with van der Waals surface area (Å²) in [6, 6.07) is -0.816. The Bertz CT molecular complexity index is 220. The summed E-state index contributed by atoms with van der Waals surface area (Å²) in [5, 5.41) is 8.01. The topological polar surface area (TPSA) is 138 Å². The molecule has 13 heavy (non-hydrogen) atoms. The zero-order valence-corrected chi connectivity index (χ0v) is 7.49. The van der Waals surface area contributed by atoms with Gasteiger partial charge in [-0.25, -0.2) is 0 Å². The van der Waals surface area contributed by atoms with E-state index in [0.717, 1.165) is 0 Å². The van der Waals surface area contributed by atoms with Crippen molar-refractivity contribution in [3.05, 3.63) is 0 Å². The van der Waals surface area contributed by atoms with Crippen molar-refractivity contribution in [1.82, 2.24) is 0 Å². The van der Waals surface area contributed by atoms with Gasteiger partial charge in [0.25, 0.3) is 0 Å². The van der Waals surface area contributed by atoms with Crippen LogP contribution in [0.1, 0.15) is 0 Å². The summed E-state index contributed by atoms with van der Waals surface area (Å²) in [4.78, 5) is 9.76. The summed E-state index contributed by atoms with van der Waals surface area (Å²) in [6.07, 6.45) is 0. The molecule has 0 amide bonds. The molecule has 76 valence electrons. The minimum atomic E-state index is -4.67. The molecule has 7 nitrogen and oxygen atoms in total. The first-order chi connectivity index (χ1) is 5.18. The summed E-state index contributed by atoms with van der Waals surface area (Å²) < 4.78 is 31.6. The molecule has 0 heterocycles. The number of thiol groups is 1. The molecular formula is C3H10NNaO6S2. The van der Waals surface area contributed by atoms with Crippen LogP contribution in [0.25, 0.3) is 0 Å². The third-order valence-electron chi connectivity index (χ3n) is 0.514. The van der Waals surface area contributed by atoms with E-state index in [1.165, 1.54) is 0 Å². The van der Waals surface area contributed by atoms with Crippen molar-refractivity contribution < 1.29 is 27.4 Å². The van der Waals surface area contributed by atoms with Crippen LogP contribution in [0, 0.1) is 0 Å². The summed E-state index contributed by atoms with van der Waals surface area (Å²) in [5.74, 6) is -0.815. The Morgan fingerprint density at radius 1 is 1.46 bits per heavy atom. The molecule has 1 atom stereocenters. The van der Waals surface area contributed by atoms with Crippen LogP contribution in [0.15, 0.2) is 0 Å². The standard InChI is InChI=1S/C3H7NO2S.Na.H2O4S.H/c4-2(1-7)3(5)6;;1-5(2,3)4;/h2,7H,1,4H2,(H,5,6);;(H2,1,2,3,4);/t2-;;;/m0.../s1. The molecule has 0 saturated heterocycles. The number of rotatable bonds is 2. The molecule has 0 aromatic heterocycles. The van der Waals surface area contributed by atoms with Gasteiger partial charge in [0.2, 0.25) is 0 Å². The molecule has 0 bridgehead atoms. The molecule has 0 aliphatic heterocycles. The number of carboxylic acid groups (broad SMARTS) is 1. The molecule has 10 heteroatoms. The van der Waals surface area contributed by atoms with Crippen LogP contribution in [0.4, 0.5) is 0 Å². The van der Waals surface area contributed by atoms with E-state index in [9.17, 15) is 4.79 Å². The first-order valence-electron chi connectivity index (χ1n) is 2.47. The molecule has 0 radical (unpaired) electrons. The third-order valence-corrected chi connectivity index (χ3v) is 0.907. The fraction of sp³-hybridized carbons (Fsp3) is 0.667. The number of carbonyl (C=O) groups is 1. The van der Waals surface area contributed by atoms with Crippen molar-refractivity contribution in [3.8, 4) is 0 Å². The predicted molar refractivity (Wildman–Crippen MR) is 50.8 cm³/mol. The Hall–Kier alpha value is 0.650. The number of carboxylic acids is 1. The maximum absolute atomic E-state index is 9.76. The van der Waals surface area contributed by atoms with Crippen LogP contribution in [-0.4, -0.2) is 70.0 Å². The Kier molecular flexibility index (Phi) is 13.7. The summed E-state index contributed by atoms with van der Waals surface area (Å²) in [7, 11) is -4.67. The van der Waals surface area contributed by atoms with Crippen molar-refractivity contribution in [2.24, 2.45) is 5.73 Å². The van der Waals surface area contributed by atoms with Crippen LogP contribution in [-0.2, 0) is 15.2 Å². The van der Waals surface area contributed by atoms with Crippen molar-refractivity contribution >= 4 is 58.6 Å². The van der Waals surface area contributed by atoms with Gasteiger partial charge in [0.05, 0.1) is 0 Å². The quantitative estimate of drug-likeness (QED) is 0.215. The first-order valence-corrected chi connectivity index (χ1v) is 4.50. The SMILES string of the molecule is N[C@@H](CS)C(=O)O.O=S(=O)(O)O.[NaH]. The van der Waals surface area contributed by atoms with E-state index >= 15 is 0 Å². The summed E-state index contributed by atoms with van der Waals surface area (Å²) in [6.45, 7) is 0. The summed E-state index contributed by atoms with van der Waals surface area (Å²) >= 11 is 3.65. The first kappa shape index (κ1) is 19.3. The van der Waals surface area contributed by atoms with E-state index in [1.807, 2.05) is 0 Å². The Morgan fingerprint density at radius 3 is 1.69 bits per heavy atom. The molecule has 0 spiro atoms. The number of hydrogen-bond donors (Lipinski definition) is 5. The van der Waals surface area contributed by atoms with Crippen molar-refractivity contribution in [2.75, 3.05) is 5.75 Å². The average molecular weight is 243 g/mol. The number of hydrogen-bond acceptors (Lipinski definition) is 5. The third kappa shape index (κ3) is 32.4. The normalized spacial score (nSPS) is 11.7. The van der Waals surface area contributed by atoms with Gasteiger partial charge in [0, 0.05) is 5.75 Å². The second kappa shape index (κ2) is 9.21. The van der Waals surface area contributed by atoms with Crippen LogP contribution in [0.3, 0.4) is 0 Å². The van der Waals surface area contributed by atoms with Crippen LogP contribution >= 0.6 is 12.6 Å². The molecule has 5 N–H and O–H groups in total. The minimum absolute atomic E-state index is 0. The van der Waals surface area contributed by atoms with Crippen molar-refractivity contribution in [2.45, 2.75) is 6.04 Å². The molecule has 0 fully saturated rings. The molecule has 0 aliphatic rings. The fourth-order valence-electron chi connectivity index (χ4n) is 0.0781. The molecule has 0 aromatic rings. The monoisotopic (exact) mass is 243 g/mol. The van der Waals surface area contributed by atoms with Gasteiger partial charge in [0.1, 0.15) is 6.04 Å². The van der Waals surface area contributed by atoms with E-state index in [0.29, 0.717) is 0 Å². The number of nitrogens with two attached hydrogens (primary N) is 1. The van der Waals surface area contributed by atoms with E-state index in [4.69, 9.17) is 28.4 Å². The number of aliphatic carboxylic acids is 1. The van der Waals surface area contributed by atoms with E-state index < -0.39 is 22.4 Å². The van der Waals surface area contributed by atoms with Gasteiger partial charge in [-0.05, 0) is 0 Å². The molecule has 0 aromatic carbocycles. The predicted octanol–water partition coefficient (Wildman–Crippen LogP) is -1.97. The van der Waals surface area contributed by atoms with Crippen molar-refractivity contribution in [1.29, 1.82) is 0 Å². The molecule has 0 saturated carbocycles. The van der Waals surface area contributed by atoms with Gasteiger partial charge < -0.3 is 10.8 Å². The second-order valence-electron chi connectivity index (χ2n) is 1.58. The van der Waals surface area contributed by atoms with E-state index in [-0.39, 0.29) is 35.3 Å². The maximum atomic E-state index is 9.76. The average Bonchev–Trinajstić information content (AvgIpc) is 1.82. The van der Waals surface area contributed by atoms with Crippen LogP contribution in [0.2, 0.25) is 0 Å². The van der Waals surface area contributed by atoms with E-state index in [2.05, 4.69) is 12.6 Å². The van der Waals surface area contributed by atoms with Gasteiger partial charge in [0.15, 0.2) is 0 Å². The van der Waals surface area contributed by atoms with Crippen molar-refractivity contribution in [3.63, 3.8) is 0 Å². The summed E-state index contributed by atoms with van der Waals surface area (Å²) in [5.41, 5.74) is 4.94. The zero-order valence-electron chi connectivity index (χ0n) is 5.78. The Balaban J connectivity index is -0.000000150. The van der Waals surface area contributed by atoms with Gasteiger partial charge >= 0.3 is 45.9 Å². The Morgan fingerprint density at radius 2 is 1.69 bits per heavy atom. The Labute approximate surface area is 103 Å². The van der Waals surface area contributed by atoms with Crippen LogP contribution < -0.4 is 5.73 Å². The van der Waals surface area contributed by atoms with Gasteiger partial charge in [-0.2, -0.15) is 21.0 Å². The molecule has 0 unspecified atom stereocenters. The second-order valence-corrected chi connectivity index (χ2v) is 2.84. The fourth-order valence-corrected chi connectivity index (χ4v) is 0.234. The van der Waals surface area contributed by atoms with Gasteiger partial charge in [-0.3, -0.25) is 13.9 Å². The van der Waals surface area contributed by atoms with Gasteiger partial charge in [-0.15, -0.1) is 0 Å². The molecule has 0 rings (SSSR count). The van der Waals surface area contributed by atoms with Gasteiger partial charge in [-0.1, -0.05) is 0 Å². The van der Waals surface area contributed by atoms with Crippen LogP contribution in [0.5, 0.6) is 0 Å². The molecule has 0 aliphatic carbocycles. The van der Waals surface area contributed by atoms with E-state index in [1.54, 1.807) is 0 Å².